The van der Waals surface area contributed by atoms with Gasteiger partial charge in [-0.05, 0) is 49.1 Å². The number of unbranched alkanes of at least 4 members (excludes halogenated alkanes) is 1. The average Bonchev–Trinajstić information content (AvgIpc) is 2.30. The molecule has 0 aromatic heterocycles. The second-order valence-electron chi connectivity index (χ2n) is 4.51. The van der Waals surface area contributed by atoms with E-state index in [1.165, 1.54) is 25.7 Å². The Labute approximate surface area is 92.1 Å². The van der Waals surface area contributed by atoms with Crippen molar-refractivity contribution in [2.45, 2.75) is 44.4 Å². The van der Waals surface area contributed by atoms with Gasteiger partial charge in [0.2, 0.25) is 0 Å². The van der Waals surface area contributed by atoms with Crippen LogP contribution >= 0.6 is 0 Å². The molecular weight excluding hydrogens is 184 g/mol. The molecule has 0 saturated heterocycles. The van der Waals surface area contributed by atoms with Gasteiger partial charge in [-0.25, -0.2) is 0 Å². The van der Waals surface area contributed by atoms with Crippen LogP contribution in [0.25, 0.3) is 0 Å². The standard InChI is InChI=1S/C14H20O/c15-11-4-3-7-13-9-5-8-12-6-1-2-10-14(12)13/h1-2,6,10,13,15H,3-5,7-9,11H2. The van der Waals surface area contributed by atoms with E-state index in [0.29, 0.717) is 6.61 Å². The Hall–Kier alpha value is -0.820. The van der Waals surface area contributed by atoms with Crippen LogP contribution < -0.4 is 0 Å². The van der Waals surface area contributed by atoms with Gasteiger partial charge < -0.3 is 5.11 Å². The van der Waals surface area contributed by atoms with Gasteiger partial charge in [-0.1, -0.05) is 30.7 Å². The predicted octanol–water partition coefficient (Wildman–Crippen LogP) is 3.27. The van der Waals surface area contributed by atoms with Gasteiger partial charge in [-0.2, -0.15) is 0 Å². The van der Waals surface area contributed by atoms with Gasteiger partial charge in [0.15, 0.2) is 0 Å². The van der Waals surface area contributed by atoms with Crippen LogP contribution in [0, 0.1) is 0 Å². The molecule has 0 bridgehead atoms. The zero-order chi connectivity index (χ0) is 10.5. The lowest BCUT2D eigenvalue weighted by Gasteiger charge is -2.25. The zero-order valence-electron chi connectivity index (χ0n) is 9.28. The number of fused-ring (bicyclic) bond motifs is 1. The summed E-state index contributed by atoms with van der Waals surface area (Å²) in [5.74, 6) is 0.751. The number of aliphatic hydroxyl groups excluding tert-OH is 1. The van der Waals surface area contributed by atoms with E-state index in [2.05, 4.69) is 24.3 Å². The molecule has 1 aromatic rings. The molecule has 1 unspecified atom stereocenters. The van der Waals surface area contributed by atoms with E-state index >= 15 is 0 Å². The average molecular weight is 204 g/mol. The third-order valence-corrected chi connectivity index (χ3v) is 3.45. The summed E-state index contributed by atoms with van der Waals surface area (Å²) in [5.41, 5.74) is 3.12. The second kappa shape index (κ2) is 5.32. The van der Waals surface area contributed by atoms with Gasteiger partial charge in [-0.15, -0.1) is 0 Å². The molecule has 1 N–H and O–H groups in total. The first-order valence-corrected chi connectivity index (χ1v) is 6.10. The van der Waals surface area contributed by atoms with Crippen LogP contribution in [0.3, 0.4) is 0 Å². The monoisotopic (exact) mass is 204 g/mol. The fourth-order valence-corrected chi connectivity index (χ4v) is 2.66. The summed E-state index contributed by atoms with van der Waals surface area (Å²) in [6.07, 6.45) is 7.29. The van der Waals surface area contributed by atoms with E-state index in [1.54, 1.807) is 11.1 Å². The molecule has 1 nitrogen and oxygen atoms in total. The van der Waals surface area contributed by atoms with Crippen LogP contribution in [0.15, 0.2) is 24.3 Å². The maximum Gasteiger partial charge on any atom is 0.0431 e. The van der Waals surface area contributed by atoms with E-state index in [9.17, 15) is 0 Å². The van der Waals surface area contributed by atoms with Gasteiger partial charge in [-0.3, -0.25) is 0 Å². The van der Waals surface area contributed by atoms with Crippen molar-refractivity contribution in [3.05, 3.63) is 35.4 Å². The molecule has 2 rings (SSSR count). The van der Waals surface area contributed by atoms with Crippen LogP contribution in [-0.2, 0) is 6.42 Å². The van der Waals surface area contributed by atoms with Crippen molar-refractivity contribution < 1.29 is 5.11 Å². The van der Waals surface area contributed by atoms with E-state index < -0.39 is 0 Å². The third kappa shape index (κ3) is 2.60. The van der Waals surface area contributed by atoms with Crippen LogP contribution in [0.1, 0.15) is 49.1 Å². The first kappa shape index (κ1) is 10.7. The van der Waals surface area contributed by atoms with E-state index in [1.807, 2.05) is 0 Å². The normalized spacial score (nSPS) is 19.9. The summed E-state index contributed by atoms with van der Waals surface area (Å²) in [6, 6.07) is 8.86. The molecule has 0 radical (unpaired) electrons. The molecule has 15 heavy (non-hydrogen) atoms. The number of rotatable bonds is 4. The molecular formula is C14H20O. The molecule has 0 spiro atoms. The van der Waals surface area contributed by atoms with E-state index in [4.69, 9.17) is 5.11 Å². The molecule has 0 heterocycles. The molecule has 1 aliphatic rings. The second-order valence-corrected chi connectivity index (χ2v) is 4.51. The lowest BCUT2D eigenvalue weighted by Crippen LogP contribution is -2.09. The Balaban J connectivity index is 2.02. The summed E-state index contributed by atoms with van der Waals surface area (Å²) < 4.78 is 0. The van der Waals surface area contributed by atoms with Crippen molar-refractivity contribution in [1.29, 1.82) is 0 Å². The zero-order valence-corrected chi connectivity index (χ0v) is 9.28. The van der Waals surface area contributed by atoms with Gasteiger partial charge in [0.05, 0.1) is 0 Å². The molecule has 0 aliphatic heterocycles. The Morgan fingerprint density at radius 2 is 2.07 bits per heavy atom. The molecule has 0 amide bonds. The summed E-state index contributed by atoms with van der Waals surface area (Å²) in [7, 11) is 0. The topological polar surface area (TPSA) is 20.2 Å². The molecule has 1 aliphatic carbocycles. The summed E-state index contributed by atoms with van der Waals surface area (Å²) in [6.45, 7) is 0.342. The molecule has 0 fully saturated rings. The lowest BCUT2D eigenvalue weighted by molar-refractivity contribution is 0.280. The number of hydrogen-bond donors (Lipinski definition) is 1. The van der Waals surface area contributed by atoms with Crippen molar-refractivity contribution in [3.8, 4) is 0 Å². The van der Waals surface area contributed by atoms with Gasteiger partial charge in [0.25, 0.3) is 0 Å². The van der Waals surface area contributed by atoms with Gasteiger partial charge in [0, 0.05) is 6.61 Å². The van der Waals surface area contributed by atoms with Crippen molar-refractivity contribution in [3.63, 3.8) is 0 Å². The summed E-state index contributed by atoms with van der Waals surface area (Å²) in [4.78, 5) is 0. The Morgan fingerprint density at radius 3 is 2.93 bits per heavy atom. The third-order valence-electron chi connectivity index (χ3n) is 3.45. The largest absolute Gasteiger partial charge is 0.396 e. The van der Waals surface area contributed by atoms with Crippen molar-refractivity contribution >= 4 is 0 Å². The van der Waals surface area contributed by atoms with E-state index in [0.717, 1.165) is 18.8 Å². The van der Waals surface area contributed by atoms with Crippen LogP contribution in [0.5, 0.6) is 0 Å². The van der Waals surface area contributed by atoms with Crippen LogP contribution in [-0.4, -0.2) is 11.7 Å². The summed E-state index contributed by atoms with van der Waals surface area (Å²) in [5, 5.41) is 8.79. The van der Waals surface area contributed by atoms with Crippen molar-refractivity contribution in [2.24, 2.45) is 0 Å². The maximum absolute atomic E-state index is 8.79. The minimum atomic E-state index is 0.342. The van der Waals surface area contributed by atoms with Gasteiger partial charge in [0.1, 0.15) is 0 Å². The van der Waals surface area contributed by atoms with Gasteiger partial charge >= 0.3 is 0 Å². The minimum absolute atomic E-state index is 0.342. The fraction of sp³-hybridized carbons (Fsp3) is 0.571. The van der Waals surface area contributed by atoms with E-state index in [-0.39, 0.29) is 0 Å². The molecule has 1 atom stereocenters. The molecule has 1 aromatic carbocycles. The predicted molar refractivity (Wildman–Crippen MR) is 63.1 cm³/mol. The number of hydrogen-bond acceptors (Lipinski definition) is 1. The van der Waals surface area contributed by atoms with Crippen molar-refractivity contribution in [1.82, 2.24) is 0 Å². The first-order valence-electron chi connectivity index (χ1n) is 6.10. The summed E-state index contributed by atoms with van der Waals surface area (Å²) >= 11 is 0. The number of aliphatic hydroxyl groups is 1. The SMILES string of the molecule is OCCCCC1CCCc2ccccc21. The number of benzene rings is 1. The highest BCUT2D eigenvalue weighted by Gasteiger charge is 2.18. The highest BCUT2D eigenvalue weighted by atomic mass is 16.2. The Morgan fingerprint density at radius 1 is 1.20 bits per heavy atom. The van der Waals surface area contributed by atoms with Crippen molar-refractivity contribution in [2.75, 3.05) is 6.61 Å². The highest BCUT2D eigenvalue weighted by Crippen LogP contribution is 2.34. The van der Waals surface area contributed by atoms with Crippen LogP contribution in [0.4, 0.5) is 0 Å². The lowest BCUT2D eigenvalue weighted by atomic mass is 9.80. The fourth-order valence-electron chi connectivity index (χ4n) is 2.66. The maximum atomic E-state index is 8.79. The minimum Gasteiger partial charge on any atom is -0.396 e. The molecule has 1 heteroatoms. The molecule has 0 saturated carbocycles. The number of aryl methyl sites for hydroxylation is 1. The Kier molecular flexibility index (Phi) is 3.79. The highest BCUT2D eigenvalue weighted by molar-refractivity contribution is 5.32. The molecule has 82 valence electrons. The van der Waals surface area contributed by atoms with Crippen LogP contribution in [0.2, 0.25) is 0 Å². The Bertz CT molecular complexity index is 306. The quantitative estimate of drug-likeness (QED) is 0.746. The first-order chi connectivity index (χ1) is 7.42. The smallest absolute Gasteiger partial charge is 0.0431 e.